The number of amides is 1. The number of H-pyrrole nitrogens is 1. The van der Waals surface area contributed by atoms with Crippen LogP contribution in [0.15, 0.2) is 47.7 Å². The van der Waals surface area contributed by atoms with E-state index in [2.05, 4.69) is 20.2 Å². The van der Waals surface area contributed by atoms with E-state index in [1.54, 1.807) is 24.1 Å². The van der Waals surface area contributed by atoms with Crippen molar-refractivity contribution in [3.63, 3.8) is 0 Å². The number of carbonyl (C=O) groups excluding carboxylic acids is 1. The fourth-order valence-corrected chi connectivity index (χ4v) is 7.56. The number of fused-ring (bicyclic) bond motifs is 4. The van der Waals surface area contributed by atoms with Crippen LogP contribution in [0, 0.1) is 6.92 Å². The maximum absolute atomic E-state index is 14.3. The normalized spacial score (nSPS) is 15.9. The Kier molecular flexibility index (Phi) is 10.8. The van der Waals surface area contributed by atoms with Crippen LogP contribution in [0.25, 0.3) is 33.7 Å². The van der Waals surface area contributed by atoms with Crippen molar-refractivity contribution >= 4 is 34.1 Å². The van der Waals surface area contributed by atoms with E-state index in [1.165, 1.54) is 23.0 Å². The van der Waals surface area contributed by atoms with Crippen molar-refractivity contribution in [3.8, 4) is 28.5 Å². The van der Waals surface area contributed by atoms with Gasteiger partial charge >= 0.3 is 12.4 Å². The number of alkyl halides is 6. The number of aromatic amines is 1. The number of anilines is 3. The summed E-state index contributed by atoms with van der Waals surface area (Å²) in [5, 5.41) is 6.23. The second kappa shape index (κ2) is 15.7. The van der Waals surface area contributed by atoms with Gasteiger partial charge in [-0.3, -0.25) is 19.6 Å². The topological polar surface area (TPSA) is 138 Å². The number of hydrogen-bond acceptors (Lipinski definition) is 10. The Morgan fingerprint density at radius 2 is 1.68 bits per heavy atom. The van der Waals surface area contributed by atoms with E-state index in [0.717, 1.165) is 10.5 Å². The first-order chi connectivity index (χ1) is 27.2. The lowest BCUT2D eigenvalue weighted by molar-refractivity contribution is -0.136. The van der Waals surface area contributed by atoms with Crippen molar-refractivity contribution < 1.29 is 35.9 Å². The third-order valence-corrected chi connectivity index (χ3v) is 10.3. The maximum Gasteiger partial charge on any atom is 0.417 e. The van der Waals surface area contributed by atoms with Crippen molar-refractivity contribution in [2.24, 2.45) is 0 Å². The molecular weight excluding hydrogens is 758 g/mol. The molecule has 13 nitrogen and oxygen atoms in total. The molecule has 2 aliphatic heterocycles. The van der Waals surface area contributed by atoms with Crippen LogP contribution in [0.2, 0.25) is 0 Å². The van der Waals surface area contributed by atoms with E-state index in [4.69, 9.17) is 14.7 Å². The fourth-order valence-electron chi connectivity index (χ4n) is 7.56. The Hall–Kier alpha value is -5.75. The molecule has 0 unspecified atom stereocenters. The van der Waals surface area contributed by atoms with Crippen molar-refractivity contribution in [1.29, 1.82) is 0 Å². The van der Waals surface area contributed by atoms with Crippen LogP contribution in [0.5, 0.6) is 5.75 Å². The van der Waals surface area contributed by atoms with Gasteiger partial charge in [-0.25, -0.2) is 19.9 Å². The molecule has 57 heavy (non-hydrogen) atoms. The standard InChI is InChI=1S/C38H40F6N10O3/c1-4-23-19-57-33-29(54(23)20-37(39,40)41)13-12-28-32(33)25(38(42,43)44)16-30(55)53(28)15-9-7-6-8-14-51-18-31(56)52(5-2)36-35(51)45-17-27(49-36)24-10-11-26(48-22(24)3)34-46-21-47-50-34/h10-13,16-17,21,23H,4-9,14-15,18-20H2,1-3H3,(H,46,47,50)/t23-/m1/s1. The SMILES string of the molecule is CC[C@@H]1COc2c(ccc3c2c(C(F)(F)F)cc(=O)n3CCCCCCN2CC(=O)N(CC)c3nc(-c4ccc(-c5ncn[nH]5)nc4C)cnc32)N1CC(F)(F)F. The lowest BCUT2D eigenvalue weighted by Gasteiger charge is -2.39. The quantitative estimate of drug-likeness (QED) is 0.104. The number of halogens is 6. The van der Waals surface area contributed by atoms with Crippen LogP contribution in [-0.4, -0.2) is 85.6 Å². The molecule has 1 N–H and O–H groups in total. The molecule has 0 saturated heterocycles. The van der Waals surface area contributed by atoms with E-state index in [0.29, 0.717) is 79.4 Å². The van der Waals surface area contributed by atoms with Gasteiger partial charge in [0.25, 0.3) is 5.56 Å². The summed E-state index contributed by atoms with van der Waals surface area (Å²) in [6, 6.07) is 6.05. The monoisotopic (exact) mass is 798 g/mol. The number of carbonyl (C=O) groups is 1. The molecule has 7 rings (SSSR count). The molecule has 19 heteroatoms. The van der Waals surface area contributed by atoms with Crippen LogP contribution in [-0.2, 0) is 17.5 Å². The molecule has 6 heterocycles. The lowest BCUT2D eigenvalue weighted by atomic mass is 10.0. The van der Waals surface area contributed by atoms with Gasteiger partial charge in [-0.2, -0.15) is 31.4 Å². The zero-order valence-corrected chi connectivity index (χ0v) is 31.4. The van der Waals surface area contributed by atoms with E-state index in [1.807, 2.05) is 24.8 Å². The molecule has 302 valence electrons. The Morgan fingerprint density at radius 3 is 2.35 bits per heavy atom. The van der Waals surface area contributed by atoms with E-state index in [-0.39, 0.29) is 49.0 Å². The first-order valence-corrected chi connectivity index (χ1v) is 18.7. The molecule has 1 atom stereocenters. The van der Waals surface area contributed by atoms with Gasteiger partial charge < -0.3 is 19.1 Å². The predicted octanol–water partition coefficient (Wildman–Crippen LogP) is 6.94. The Morgan fingerprint density at radius 1 is 0.912 bits per heavy atom. The predicted molar refractivity (Wildman–Crippen MR) is 200 cm³/mol. The molecule has 2 aliphatic rings. The van der Waals surface area contributed by atoms with Gasteiger partial charge in [-0.05, 0) is 57.4 Å². The first-order valence-electron chi connectivity index (χ1n) is 18.7. The number of nitrogens with one attached hydrogen (secondary N) is 1. The summed E-state index contributed by atoms with van der Waals surface area (Å²) in [4.78, 5) is 49.2. The van der Waals surface area contributed by atoms with Gasteiger partial charge in [0, 0.05) is 37.0 Å². The summed E-state index contributed by atoms with van der Waals surface area (Å²) in [6.45, 7) is 4.87. The Balaban J connectivity index is 1.05. The van der Waals surface area contributed by atoms with Crippen LogP contribution in [0.1, 0.15) is 57.2 Å². The molecule has 0 saturated carbocycles. The number of rotatable bonds is 12. The molecule has 0 bridgehead atoms. The number of nitrogens with zero attached hydrogens (tertiary/aromatic N) is 9. The smallest absolute Gasteiger partial charge is 0.417 e. The number of likely N-dealkylation sites (N-methyl/N-ethyl adjacent to an activating group) is 1. The Bertz CT molecular complexity index is 2330. The Labute approximate surface area is 322 Å². The second-order valence-electron chi connectivity index (χ2n) is 14.0. The van der Waals surface area contributed by atoms with Gasteiger partial charge in [0.1, 0.15) is 25.2 Å². The number of aromatic nitrogens is 7. The molecule has 0 spiro atoms. The zero-order valence-electron chi connectivity index (χ0n) is 31.4. The number of unbranched alkanes of at least 4 members (excludes halogenated alkanes) is 3. The van der Waals surface area contributed by atoms with Gasteiger partial charge in [0.05, 0.1) is 46.6 Å². The number of benzene rings is 1. The summed E-state index contributed by atoms with van der Waals surface area (Å²) in [5.41, 5.74) is 0.327. The largest absolute Gasteiger partial charge is 0.489 e. The molecule has 0 fully saturated rings. The zero-order chi connectivity index (χ0) is 40.6. The van der Waals surface area contributed by atoms with Crippen molar-refractivity contribution in [2.75, 3.05) is 47.5 Å². The van der Waals surface area contributed by atoms with Gasteiger partial charge in [-0.1, -0.05) is 19.8 Å². The summed E-state index contributed by atoms with van der Waals surface area (Å²) < 4.78 is 90.8. The van der Waals surface area contributed by atoms with Crippen LogP contribution in [0.3, 0.4) is 0 Å². The second-order valence-corrected chi connectivity index (χ2v) is 14.0. The first kappa shape index (κ1) is 39.5. The highest BCUT2D eigenvalue weighted by Crippen LogP contribution is 2.46. The highest BCUT2D eigenvalue weighted by molar-refractivity contribution is 6.01. The summed E-state index contributed by atoms with van der Waals surface area (Å²) in [7, 11) is 0. The molecule has 0 radical (unpaired) electrons. The van der Waals surface area contributed by atoms with Crippen molar-refractivity contribution in [2.45, 2.75) is 77.8 Å². The molecular formula is C38H40F6N10O3. The average molecular weight is 799 g/mol. The number of hydrogen-bond donors (Lipinski definition) is 1. The highest BCUT2D eigenvalue weighted by atomic mass is 19.4. The average Bonchev–Trinajstić information content (AvgIpc) is 3.71. The van der Waals surface area contributed by atoms with Crippen LogP contribution < -0.4 is 25.0 Å². The molecule has 0 aliphatic carbocycles. The van der Waals surface area contributed by atoms with Crippen molar-refractivity contribution in [3.05, 3.63) is 64.5 Å². The van der Waals surface area contributed by atoms with Crippen molar-refractivity contribution in [1.82, 2.24) is 34.7 Å². The van der Waals surface area contributed by atoms with E-state index >= 15 is 0 Å². The number of aryl methyl sites for hydroxylation is 2. The van der Waals surface area contributed by atoms with Gasteiger partial charge in [0.15, 0.2) is 23.2 Å². The number of pyridine rings is 2. The van der Waals surface area contributed by atoms with Crippen LogP contribution >= 0.6 is 0 Å². The summed E-state index contributed by atoms with van der Waals surface area (Å²) >= 11 is 0. The highest BCUT2D eigenvalue weighted by Gasteiger charge is 2.41. The minimum Gasteiger partial charge on any atom is -0.489 e. The maximum atomic E-state index is 14.3. The van der Waals surface area contributed by atoms with Gasteiger partial charge in [-0.15, -0.1) is 0 Å². The summed E-state index contributed by atoms with van der Waals surface area (Å²) in [6.07, 6.45) is -3.88. The third kappa shape index (κ3) is 7.96. The van der Waals surface area contributed by atoms with E-state index in [9.17, 15) is 35.9 Å². The summed E-state index contributed by atoms with van der Waals surface area (Å²) in [5.74, 6) is 1.09. The third-order valence-electron chi connectivity index (χ3n) is 10.3. The van der Waals surface area contributed by atoms with Crippen LogP contribution in [0.4, 0.5) is 43.7 Å². The number of ether oxygens (including phenoxy) is 1. The molecule has 1 aromatic carbocycles. The molecule has 1 amide bonds. The molecule has 4 aromatic heterocycles. The minimum atomic E-state index is -4.96. The fraction of sp³-hybridized carbons (Fsp3) is 0.447. The van der Waals surface area contributed by atoms with Gasteiger partial charge in [0.2, 0.25) is 5.91 Å². The van der Waals surface area contributed by atoms with E-state index < -0.39 is 41.4 Å². The lowest BCUT2D eigenvalue weighted by Crippen LogP contribution is -2.47. The molecule has 5 aromatic rings. The minimum absolute atomic E-state index is 0.0610.